The number of nitrogens with one attached hydrogen (secondary N) is 1. The van der Waals surface area contributed by atoms with E-state index in [9.17, 15) is 4.79 Å². The van der Waals surface area contributed by atoms with Crippen molar-refractivity contribution in [2.24, 2.45) is 4.99 Å². The van der Waals surface area contributed by atoms with Gasteiger partial charge in [0, 0.05) is 24.5 Å². The molecule has 0 unspecified atom stereocenters. The summed E-state index contributed by atoms with van der Waals surface area (Å²) in [5.41, 5.74) is 1.94. The normalized spacial score (nSPS) is 16.2. The summed E-state index contributed by atoms with van der Waals surface area (Å²) in [5.74, 6) is 0.714. The average molecular weight is 262 g/mol. The number of allylic oxidation sites excluding steroid dienone is 1. The number of aromatic nitrogens is 2. The second kappa shape index (κ2) is 6.17. The molecule has 1 aromatic heterocycles. The summed E-state index contributed by atoms with van der Waals surface area (Å²) in [6, 6.07) is 1.80. The van der Waals surface area contributed by atoms with Gasteiger partial charge in [-0.25, -0.2) is 9.79 Å². The van der Waals surface area contributed by atoms with E-state index in [0.717, 1.165) is 24.1 Å². The number of nitrogens with zero attached hydrogens (tertiary/aromatic N) is 3. The highest BCUT2D eigenvalue weighted by molar-refractivity contribution is 5.99. The lowest BCUT2D eigenvalue weighted by atomic mass is 10.0. The van der Waals surface area contributed by atoms with Crippen LogP contribution in [0.4, 0.5) is 10.6 Å². The molecule has 0 fully saturated rings. The van der Waals surface area contributed by atoms with Crippen LogP contribution < -0.4 is 0 Å². The van der Waals surface area contributed by atoms with Crippen molar-refractivity contribution in [2.45, 2.75) is 26.7 Å². The molecule has 0 atom stereocenters. The van der Waals surface area contributed by atoms with Gasteiger partial charge in [0.1, 0.15) is 5.82 Å². The number of H-pyrrole nitrogens is 1. The Morgan fingerprint density at radius 2 is 2.47 bits per heavy atom. The molecule has 0 radical (unpaired) electrons. The van der Waals surface area contributed by atoms with Crippen LogP contribution in [-0.4, -0.2) is 40.1 Å². The van der Waals surface area contributed by atoms with Crippen molar-refractivity contribution in [3.8, 4) is 0 Å². The van der Waals surface area contributed by atoms with Crippen LogP contribution in [0.3, 0.4) is 0 Å². The number of hydrogen-bond acceptors (Lipinski definition) is 4. The third-order valence-corrected chi connectivity index (χ3v) is 2.90. The molecule has 0 saturated heterocycles. The summed E-state index contributed by atoms with van der Waals surface area (Å²) in [5, 5.41) is 6.64. The third-order valence-electron chi connectivity index (χ3n) is 2.90. The molecule has 1 N–H and O–H groups in total. The third kappa shape index (κ3) is 3.43. The quantitative estimate of drug-likeness (QED) is 0.851. The van der Waals surface area contributed by atoms with E-state index in [1.165, 1.54) is 0 Å². The van der Waals surface area contributed by atoms with Gasteiger partial charge >= 0.3 is 6.09 Å². The van der Waals surface area contributed by atoms with E-state index in [1.54, 1.807) is 24.1 Å². The molecular formula is C13H18N4O2. The van der Waals surface area contributed by atoms with Crippen LogP contribution in [0.15, 0.2) is 29.0 Å². The Hall–Kier alpha value is -2.11. The molecule has 0 bridgehead atoms. The molecular weight excluding hydrogens is 244 g/mol. The topological polar surface area (TPSA) is 70.6 Å². The van der Waals surface area contributed by atoms with Gasteiger partial charge in [0.05, 0.1) is 12.8 Å². The Kier molecular flexibility index (Phi) is 4.33. The van der Waals surface area contributed by atoms with Crippen LogP contribution in [0, 0.1) is 0 Å². The zero-order chi connectivity index (χ0) is 13.7. The van der Waals surface area contributed by atoms with Gasteiger partial charge in [0.25, 0.3) is 0 Å². The Morgan fingerprint density at radius 3 is 3.16 bits per heavy atom. The predicted octanol–water partition coefficient (Wildman–Crippen LogP) is 2.64. The lowest BCUT2D eigenvalue weighted by molar-refractivity contribution is 0.120. The van der Waals surface area contributed by atoms with E-state index in [0.29, 0.717) is 19.0 Å². The molecule has 0 saturated carbocycles. The predicted molar refractivity (Wildman–Crippen MR) is 72.4 cm³/mol. The fraction of sp³-hybridized carbons (Fsp3) is 0.462. The van der Waals surface area contributed by atoms with E-state index in [2.05, 4.69) is 15.2 Å². The minimum atomic E-state index is -0.297. The monoisotopic (exact) mass is 262 g/mol. The molecule has 6 heteroatoms. The summed E-state index contributed by atoms with van der Waals surface area (Å²) < 4.78 is 5.00. The first-order valence-corrected chi connectivity index (χ1v) is 6.40. The highest BCUT2D eigenvalue weighted by Crippen LogP contribution is 2.19. The maximum absolute atomic E-state index is 11.7. The number of ether oxygens (including phenoxy) is 1. The van der Waals surface area contributed by atoms with Crippen molar-refractivity contribution in [1.82, 2.24) is 15.1 Å². The number of aliphatic imine (C=N–C) groups is 1. The van der Waals surface area contributed by atoms with Gasteiger partial charge in [-0.1, -0.05) is 0 Å². The fourth-order valence-corrected chi connectivity index (χ4v) is 1.95. The van der Waals surface area contributed by atoms with Crippen LogP contribution in [-0.2, 0) is 4.74 Å². The van der Waals surface area contributed by atoms with Gasteiger partial charge in [0.2, 0.25) is 0 Å². The van der Waals surface area contributed by atoms with Crippen LogP contribution in [0.25, 0.3) is 0 Å². The number of carbonyl (C=O) groups excluding carboxylic acids is 1. The van der Waals surface area contributed by atoms with Crippen molar-refractivity contribution in [1.29, 1.82) is 0 Å². The van der Waals surface area contributed by atoms with Crippen molar-refractivity contribution < 1.29 is 9.53 Å². The molecule has 0 spiro atoms. The number of carbonyl (C=O) groups is 1. The highest BCUT2D eigenvalue weighted by Gasteiger charge is 2.18. The van der Waals surface area contributed by atoms with Crippen molar-refractivity contribution in [3.05, 3.63) is 24.0 Å². The Bertz CT molecular complexity index is 491. The maximum atomic E-state index is 11.7. The van der Waals surface area contributed by atoms with Crippen molar-refractivity contribution >= 4 is 17.6 Å². The fourth-order valence-electron chi connectivity index (χ4n) is 1.95. The Morgan fingerprint density at radius 1 is 1.63 bits per heavy atom. The first-order chi connectivity index (χ1) is 9.20. The number of hydrogen-bond donors (Lipinski definition) is 1. The molecule has 1 aromatic rings. The van der Waals surface area contributed by atoms with Gasteiger partial charge in [-0.3, -0.25) is 10.00 Å². The van der Waals surface area contributed by atoms with E-state index in [1.807, 2.05) is 13.1 Å². The minimum absolute atomic E-state index is 0.297. The second-order valence-corrected chi connectivity index (χ2v) is 4.29. The summed E-state index contributed by atoms with van der Waals surface area (Å²) in [7, 11) is 0. The second-order valence-electron chi connectivity index (χ2n) is 4.29. The van der Waals surface area contributed by atoms with Crippen LogP contribution >= 0.6 is 0 Å². The Labute approximate surface area is 112 Å². The molecule has 1 aliphatic heterocycles. The largest absolute Gasteiger partial charge is 0.449 e. The van der Waals surface area contributed by atoms with Crippen LogP contribution in [0.5, 0.6) is 0 Å². The number of amides is 1. The van der Waals surface area contributed by atoms with Crippen LogP contribution in [0.1, 0.15) is 26.7 Å². The average Bonchev–Trinajstić information content (AvgIpc) is 2.92. The van der Waals surface area contributed by atoms with Crippen molar-refractivity contribution in [2.75, 3.05) is 13.2 Å². The molecule has 2 heterocycles. The SMILES string of the molecule is CCOC(=O)N1C=C(/C(C)=N\c2ccn[nH]2)CCC1. The number of rotatable bonds is 3. The highest BCUT2D eigenvalue weighted by atomic mass is 16.6. The van der Waals surface area contributed by atoms with E-state index in [-0.39, 0.29) is 6.09 Å². The van der Waals surface area contributed by atoms with E-state index < -0.39 is 0 Å². The van der Waals surface area contributed by atoms with Gasteiger partial charge < -0.3 is 4.74 Å². The lowest BCUT2D eigenvalue weighted by Gasteiger charge is -2.24. The zero-order valence-electron chi connectivity index (χ0n) is 11.2. The minimum Gasteiger partial charge on any atom is -0.449 e. The molecule has 1 aliphatic rings. The summed E-state index contributed by atoms with van der Waals surface area (Å²) >= 11 is 0. The summed E-state index contributed by atoms with van der Waals surface area (Å²) in [4.78, 5) is 17.7. The van der Waals surface area contributed by atoms with Crippen molar-refractivity contribution in [3.63, 3.8) is 0 Å². The molecule has 0 aliphatic carbocycles. The zero-order valence-corrected chi connectivity index (χ0v) is 11.2. The number of aromatic amines is 1. The van der Waals surface area contributed by atoms with E-state index >= 15 is 0 Å². The molecule has 102 valence electrons. The summed E-state index contributed by atoms with van der Waals surface area (Å²) in [6.45, 7) is 4.82. The van der Waals surface area contributed by atoms with Gasteiger partial charge in [0.15, 0.2) is 0 Å². The lowest BCUT2D eigenvalue weighted by Crippen LogP contribution is -2.31. The standard InChI is InChI=1S/C13H18N4O2/c1-3-19-13(18)17-8-4-5-11(9-17)10(2)15-12-6-7-14-16-12/h6-7,9H,3-5,8H2,1-2H3,(H,14,16)/b15-10-. The molecule has 6 nitrogen and oxygen atoms in total. The summed E-state index contributed by atoms with van der Waals surface area (Å²) in [6.07, 6.45) is 5.03. The molecule has 1 amide bonds. The first-order valence-electron chi connectivity index (χ1n) is 6.40. The maximum Gasteiger partial charge on any atom is 0.413 e. The molecule has 19 heavy (non-hydrogen) atoms. The molecule has 0 aromatic carbocycles. The van der Waals surface area contributed by atoms with Crippen LogP contribution in [0.2, 0.25) is 0 Å². The first kappa shape index (κ1) is 13.3. The van der Waals surface area contributed by atoms with Gasteiger partial charge in [-0.05, 0) is 32.3 Å². The van der Waals surface area contributed by atoms with E-state index in [4.69, 9.17) is 4.74 Å². The van der Waals surface area contributed by atoms with Gasteiger partial charge in [-0.2, -0.15) is 5.10 Å². The van der Waals surface area contributed by atoms with Gasteiger partial charge in [-0.15, -0.1) is 0 Å². The smallest absolute Gasteiger partial charge is 0.413 e. The molecule has 2 rings (SSSR count). The Balaban J connectivity index is 2.12.